The average molecular weight is 196 g/mol. The zero-order valence-corrected chi connectivity index (χ0v) is 7.37. The second-order valence-corrected chi connectivity index (χ2v) is 3.29. The number of carbonyl (C=O) groups is 1. The fourth-order valence-electron chi connectivity index (χ4n) is 1.63. The number of rotatable bonds is 2. The van der Waals surface area contributed by atoms with Gasteiger partial charge >= 0.3 is 5.97 Å². The van der Waals surface area contributed by atoms with Gasteiger partial charge < -0.3 is 9.84 Å². The maximum Gasteiger partial charge on any atom is 0.304 e. The van der Waals surface area contributed by atoms with E-state index >= 15 is 0 Å². The highest BCUT2D eigenvalue weighted by atomic mass is 19.1. The molecule has 3 nitrogen and oxygen atoms in total. The quantitative estimate of drug-likeness (QED) is 0.784. The van der Waals surface area contributed by atoms with Crippen molar-refractivity contribution in [1.29, 1.82) is 0 Å². The maximum absolute atomic E-state index is 12.9. The molecule has 0 fully saturated rings. The summed E-state index contributed by atoms with van der Waals surface area (Å²) in [5, 5.41) is 8.62. The van der Waals surface area contributed by atoms with Crippen LogP contribution in [0.5, 0.6) is 5.75 Å². The predicted molar refractivity (Wildman–Crippen MR) is 46.9 cm³/mol. The van der Waals surface area contributed by atoms with Crippen LogP contribution in [0.15, 0.2) is 18.2 Å². The molecule has 0 radical (unpaired) electrons. The molecule has 1 atom stereocenters. The van der Waals surface area contributed by atoms with Gasteiger partial charge in [-0.05, 0) is 18.2 Å². The molecule has 0 spiro atoms. The number of benzene rings is 1. The summed E-state index contributed by atoms with van der Waals surface area (Å²) in [4.78, 5) is 10.5. The van der Waals surface area contributed by atoms with Gasteiger partial charge in [0.1, 0.15) is 11.6 Å². The van der Waals surface area contributed by atoms with Crippen LogP contribution < -0.4 is 4.74 Å². The Hall–Kier alpha value is -1.58. The van der Waals surface area contributed by atoms with Crippen LogP contribution in [0, 0.1) is 5.82 Å². The topological polar surface area (TPSA) is 46.5 Å². The lowest BCUT2D eigenvalue weighted by molar-refractivity contribution is -0.137. The first-order valence-electron chi connectivity index (χ1n) is 4.31. The summed E-state index contributed by atoms with van der Waals surface area (Å²) in [5.41, 5.74) is 0.660. The Bertz CT molecular complexity index is 376. The Labute approximate surface area is 80.1 Å². The lowest BCUT2D eigenvalue weighted by Gasteiger charge is -2.03. The summed E-state index contributed by atoms with van der Waals surface area (Å²) < 4.78 is 18.1. The highest BCUT2D eigenvalue weighted by molar-refractivity contribution is 5.68. The van der Waals surface area contributed by atoms with Crippen molar-refractivity contribution in [1.82, 2.24) is 0 Å². The monoisotopic (exact) mass is 196 g/mol. The van der Waals surface area contributed by atoms with Crippen LogP contribution in [0.25, 0.3) is 0 Å². The molecule has 0 bridgehead atoms. The van der Waals surface area contributed by atoms with Crippen molar-refractivity contribution in [2.75, 3.05) is 6.61 Å². The van der Waals surface area contributed by atoms with Crippen molar-refractivity contribution in [3.63, 3.8) is 0 Å². The van der Waals surface area contributed by atoms with Gasteiger partial charge in [0, 0.05) is 11.5 Å². The van der Waals surface area contributed by atoms with Crippen LogP contribution in [0.4, 0.5) is 4.39 Å². The van der Waals surface area contributed by atoms with Crippen molar-refractivity contribution in [3.05, 3.63) is 29.6 Å². The van der Waals surface area contributed by atoms with Crippen molar-refractivity contribution in [3.8, 4) is 5.75 Å². The van der Waals surface area contributed by atoms with Gasteiger partial charge in [0.15, 0.2) is 0 Å². The van der Waals surface area contributed by atoms with Gasteiger partial charge in [0.05, 0.1) is 13.0 Å². The molecule has 0 aliphatic carbocycles. The number of aliphatic carboxylic acids is 1. The molecule has 1 aliphatic heterocycles. The molecule has 74 valence electrons. The van der Waals surface area contributed by atoms with Gasteiger partial charge in [-0.25, -0.2) is 4.39 Å². The third-order valence-corrected chi connectivity index (χ3v) is 2.27. The molecular formula is C10H9FO3. The Morgan fingerprint density at radius 1 is 1.64 bits per heavy atom. The smallest absolute Gasteiger partial charge is 0.304 e. The number of carboxylic acid groups (broad SMARTS) is 1. The van der Waals surface area contributed by atoms with Crippen LogP contribution in [-0.4, -0.2) is 17.7 Å². The minimum absolute atomic E-state index is 0.0174. The molecule has 4 heteroatoms. The second-order valence-electron chi connectivity index (χ2n) is 3.29. The fraction of sp³-hybridized carbons (Fsp3) is 0.300. The number of hydrogen-bond acceptors (Lipinski definition) is 2. The van der Waals surface area contributed by atoms with E-state index < -0.39 is 5.97 Å². The van der Waals surface area contributed by atoms with Gasteiger partial charge in [-0.2, -0.15) is 0 Å². The third kappa shape index (κ3) is 1.55. The van der Waals surface area contributed by atoms with E-state index in [0.717, 1.165) is 0 Å². The normalized spacial score (nSPS) is 18.8. The Morgan fingerprint density at radius 3 is 3.14 bits per heavy atom. The summed E-state index contributed by atoms with van der Waals surface area (Å²) in [6, 6.07) is 4.18. The van der Waals surface area contributed by atoms with E-state index in [9.17, 15) is 9.18 Å². The van der Waals surface area contributed by atoms with Crippen LogP contribution >= 0.6 is 0 Å². The molecule has 1 aliphatic rings. The lowest BCUT2D eigenvalue weighted by Crippen LogP contribution is -2.07. The average Bonchev–Trinajstić information content (AvgIpc) is 2.47. The molecule has 0 aromatic heterocycles. The van der Waals surface area contributed by atoms with E-state index in [1.807, 2.05) is 0 Å². The SMILES string of the molecule is O=C(O)C[C@@H]1COc2ccc(F)cc21. The Balaban J connectivity index is 2.28. The predicted octanol–water partition coefficient (Wildman–Crippen LogP) is 1.78. The molecule has 1 aromatic carbocycles. The number of halogens is 1. The minimum atomic E-state index is -0.893. The van der Waals surface area contributed by atoms with E-state index in [2.05, 4.69) is 0 Å². The van der Waals surface area contributed by atoms with Crippen LogP contribution in [-0.2, 0) is 4.79 Å². The number of ether oxygens (including phenoxy) is 1. The molecular weight excluding hydrogens is 187 g/mol. The molecule has 0 saturated heterocycles. The van der Waals surface area contributed by atoms with Gasteiger partial charge in [0.25, 0.3) is 0 Å². The van der Waals surface area contributed by atoms with Crippen LogP contribution in [0.1, 0.15) is 17.9 Å². The lowest BCUT2D eigenvalue weighted by atomic mass is 9.98. The molecule has 1 aromatic rings. The summed E-state index contributed by atoms with van der Waals surface area (Å²) >= 11 is 0. The van der Waals surface area contributed by atoms with Crippen LogP contribution in [0.2, 0.25) is 0 Å². The highest BCUT2D eigenvalue weighted by Crippen LogP contribution is 2.35. The highest BCUT2D eigenvalue weighted by Gasteiger charge is 2.26. The van der Waals surface area contributed by atoms with E-state index in [0.29, 0.717) is 17.9 Å². The molecule has 1 N–H and O–H groups in total. The number of fused-ring (bicyclic) bond motifs is 1. The summed E-state index contributed by atoms with van der Waals surface area (Å²) in [6.07, 6.45) is -0.0174. The summed E-state index contributed by atoms with van der Waals surface area (Å²) in [6.45, 7) is 0.324. The van der Waals surface area contributed by atoms with E-state index in [1.54, 1.807) is 0 Å². The van der Waals surface area contributed by atoms with Crippen molar-refractivity contribution >= 4 is 5.97 Å². The van der Waals surface area contributed by atoms with E-state index in [1.165, 1.54) is 18.2 Å². The summed E-state index contributed by atoms with van der Waals surface area (Å²) in [7, 11) is 0. The largest absolute Gasteiger partial charge is 0.493 e. The first kappa shape index (κ1) is 8.99. The molecule has 1 heterocycles. The van der Waals surface area contributed by atoms with Crippen molar-refractivity contribution in [2.24, 2.45) is 0 Å². The zero-order chi connectivity index (χ0) is 10.1. The third-order valence-electron chi connectivity index (χ3n) is 2.27. The van der Waals surface area contributed by atoms with Gasteiger partial charge in [0.2, 0.25) is 0 Å². The molecule has 0 amide bonds. The summed E-state index contributed by atoms with van der Waals surface area (Å²) in [5.74, 6) is -0.879. The zero-order valence-electron chi connectivity index (χ0n) is 7.37. The molecule has 2 rings (SSSR count). The van der Waals surface area contributed by atoms with E-state index in [-0.39, 0.29) is 18.2 Å². The van der Waals surface area contributed by atoms with Gasteiger partial charge in [-0.1, -0.05) is 0 Å². The van der Waals surface area contributed by atoms with Gasteiger partial charge in [-0.3, -0.25) is 4.79 Å². The van der Waals surface area contributed by atoms with Crippen LogP contribution in [0.3, 0.4) is 0 Å². The number of carboxylic acids is 1. The second kappa shape index (κ2) is 3.29. The fourth-order valence-corrected chi connectivity index (χ4v) is 1.63. The van der Waals surface area contributed by atoms with Gasteiger partial charge in [-0.15, -0.1) is 0 Å². The van der Waals surface area contributed by atoms with Crippen molar-refractivity contribution in [2.45, 2.75) is 12.3 Å². The molecule has 0 unspecified atom stereocenters. The molecule has 14 heavy (non-hydrogen) atoms. The van der Waals surface area contributed by atoms with E-state index in [4.69, 9.17) is 9.84 Å². The Kier molecular flexibility index (Phi) is 2.11. The first-order chi connectivity index (χ1) is 6.66. The first-order valence-corrected chi connectivity index (χ1v) is 4.31. The molecule has 0 saturated carbocycles. The maximum atomic E-state index is 12.9. The Morgan fingerprint density at radius 2 is 2.43 bits per heavy atom. The van der Waals surface area contributed by atoms with Crippen molar-refractivity contribution < 1.29 is 19.0 Å². The number of hydrogen-bond donors (Lipinski definition) is 1. The minimum Gasteiger partial charge on any atom is -0.493 e. The standard InChI is InChI=1S/C10H9FO3/c11-7-1-2-9-8(4-7)6(5-14-9)3-10(12)13/h1-2,4,6H,3,5H2,(H,12,13)/t6-/m1/s1.